The van der Waals surface area contributed by atoms with Gasteiger partial charge in [-0.3, -0.25) is 13.9 Å². The van der Waals surface area contributed by atoms with Gasteiger partial charge in [-0.1, -0.05) is 79.1 Å². The van der Waals surface area contributed by atoms with E-state index in [1.54, 1.807) is 36.4 Å². The Labute approximate surface area is 287 Å². The van der Waals surface area contributed by atoms with Gasteiger partial charge in [-0.2, -0.15) is 0 Å². The van der Waals surface area contributed by atoms with Crippen LogP contribution in [0.2, 0.25) is 0 Å². The molecule has 0 aromatic heterocycles. The van der Waals surface area contributed by atoms with Gasteiger partial charge >= 0.3 is 0 Å². The number of carbonyl (C=O) groups excluding carboxylic acids is 2. The molecule has 0 saturated heterocycles. The molecule has 4 aromatic rings. The number of benzene rings is 4. The third-order valence-electron chi connectivity index (χ3n) is 8.81. The van der Waals surface area contributed by atoms with E-state index < -0.39 is 34.3 Å². The number of nitrogens with one attached hydrogen (secondary N) is 1. The first-order valence-electron chi connectivity index (χ1n) is 16.3. The molecule has 9 nitrogen and oxygen atoms in total. The minimum Gasteiger partial charge on any atom is -0.493 e. The molecule has 0 heterocycles. The number of hydrogen-bond donors (Lipinski definition) is 1. The molecule has 49 heavy (non-hydrogen) atoms. The van der Waals surface area contributed by atoms with Crippen molar-refractivity contribution in [2.24, 2.45) is 0 Å². The van der Waals surface area contributed by atoms with Crippen LogP contribution in [0.1, 0.15) is 42.4 Å². The van der Waals surface area contributed by atoms with Crippen LogP contribution in [-0.2, 0) is 32.6 Å². The number of sulfonamides is 1. The van der Waals surface area contributed by atoms with Crippen LogP contribution in [0.25, 0.3) is 0 Å². The summed E-state index contributed by atoms with van der Waals surface area (Å²) in [5, 5.41) is 3.12. The molecule has 0 radical (unpaired) electrons. The van der Waals surface area contributed by atoms with Gasteiger partial charge in [0.2, 0.25) is 11.8 Å². The molecule has 1 aliphatic carbocycles. The van der Waals surface area contributed by atoms with Crippen LogP contribution in [0.15, 0.2) is 102 Å². The van der Waals surface area contributed by atoms with Crippen LogP contribution in [0.4, 0.5) is 10.1 Å². The minimum atomic E-state index is -4.33. The highest BCUT2D eigenvalue weighted by Crippen LogP contribution is 2.34. The first-order valence-corrected chi connectivity index (χ1v) is 17.7. The normalized spacial score (nSPS) is 13.8. The summed E-state index contributed by atoms with van der Waals surface area (Å²) in [6, 6.07) is 25.1. The Kier molecular flexibility index (Phi) is 11.6. The van der Waals surface area contributed by atoms with Gasteiger partial charge in [0, 0.05) is 30.6 Å². The van der Waals surface area contributed by atoms with Crippen molar-refractivity contribution in [2.75, 3.05) is 25.1 Å². The van der Waals surface area contributed by atoms with Gasteiger partial charge in [0.15, 0.2) is 11.5 Å². The molecule has 1 fully saturated rings. The van der Waals surface area contributed by atoms with Crippen LogP contribution < -0.4 is 19.1 Å². The van der Waals surface area contributed by atoms with Gasteiger partial charge in [-0.05, 0) is 55.7 Å². The van der Waals surface area contributed by atoms with Crippen molar-refractivity contribution in [1.29, 1.82) is 0 Å². The molecule has 1 N–H and O–H groups in total. The Bertz CT molecular complexity index is 1850. The number of anilines is 1. The lowest BCUT2D eigenvalue weighted by atomic mass is 10.0. The molecule has 5 rings (SSSR count). The van der Waals surface area contributed by atoms with Gasteiger partial charge in [-0.25, -0.2) is 12.8 Å². The zero-order chi connectivity index (χ0) is 35.0. The summed E-state index contributed by atoms with van der Waals surface area (Å²) in [4.78, 5) is 30.1. The van der Waals surface area contributed by atoms with Crippen LogP contribution in [0.5, 0.6) is 11.5 Å². The number of nitrogens with zero attached hydrogens (tertiary/aromatic N) is 2. The molecule has 1 saturated carbocycles. The third kappa shape index (κ3) is 8.58. The average Bonchev–Trinajstić information content (AvgIpc) is 3.62. The maximum atomic E-state index is 15.2. The second kappa shape index (κ2) is 16.0. The van der Waals surface area contributed by atoms with Crippen molar-refractivity contribution in [3.63, 3.8) is 0 Å². The van der Waals surface area contributed by atoms with Gasteiger partial charge in [0.1, 0.15) is 18.4 Å². The van der Waals surface area contributed by atoms with E-state index in [2.05, 4.69) is 5.32 Å². The maximum absolute atomic E-state index is 15.2. The largest absolute Gasteiger partial charge is 0.493 e. The number of methoxy groups -OCH3 is 2. The number of amides is 2. The molecule has 1 aliphatic rings. The lowest BCUT2D eigenvalue weighted by molar-refractivity contribution is -0.140. The molecular formula is C38H42FN3O6S. The Morgan fingerprint density at radius 2 is 1.53 bits per heavy atom. The summed E-state index contributed by atoms with van der Waals surface area (Å²) in [7, 11) is -1.44. The van der Waals surface area contributed by atoms with Gasteiger partial charge in [0.05, 0.1) is 24.8 Å². The average molecular weight is 688 g/mol. The van der Waals surface area contributed by atoms with Crippen LogP contribution in [0, 0.1) is 12.7 Å². The fraction of sp³-hybridized carbons (Fsp3) is 0.316. The van der Waals surface area contributed by atoms with E-state index in [-0.39, 0.29) is 46.8 Å². The zero-order valence-corrected chi connectivity index (χ0v) is 28.8. The van der Waals surface area contributed by atoms with E-state index in [0.717, 1.165) is 41.1 Å². The molecule has 0 bridgehead atoms. The lowest BCUT2D eigenvalue weighted by Crippen LogP contribution is -2.54. The van der Waals surface area contributed by atoms with E-state index in [0.29, 0.717) is 5.75 Å². The fourth-order valence-electron chi connectivity index (χ4n) is 6.08. The molecule has 4 aromatic carbocycles. The van der Waals surface area contributed by atoms with Crippen LogP contribution in [-0.4, -0.2) is 58.0 Å². The van der Waals surface area contributed by atoms with Crippen LogP contribution in [0.3, 0.4) is 0 Å². The highest BCUT2D eigenvalue weighted by Gasteiger charge is 2.36. The molecule has 0 unspecified atom stereocenters. The summed E-state index contributed by atoms with van der Waals surface area (Å²) < 4.78 is 55.7. The van der Waals surface area contributed by atoms with E-state index in [4.69, 9.17) is 9.47 Å². The topological polar surface area (TPSA) is 105 Å². The number of ether oxygens (including phenoxy) is 2. The summed E-state index contributed by atoms with van der Waals surface area (Å²) in [6.07, 6.45) is 3.77. The Morgan fingerprint density at radius 1 is 0.878 bits per heavy atom. The minimum absolute atomic E-state index is 0.0267. The second-order valence-electron chi connectivity index (χ2n) is 12.2. The Hall–Kier alpha value is -4.90. The highest BCUT2D eigenvalue weighted by molar-refractivity contribution is 7.92. The molecule has 2 amide bonds. The van der Waals surface area contributed by atoms with Crippen molar-refractivity contribution in [3.05, 3.63) is 120 Å². The highest BCUT2D eigenvalue weighted by atomic mass is 32.2. The zero-order valence-electron chi connectivity index (χ0n) is 28.0. The monoisotopic (exact) mass is 687 g/mol. The van der Waals surface area contributed by atoms with Crippen molar-refractivity contribution in [2.45, 2.75) is 62.6 Å². The van der Waals surface area contributed by atoms with Crippen molar-refractivity contribution < 1.29 is 31.9 Å². The number of halogens is 1. The first-order chi connectivity index (χ1) is 23.6. The number of rotatable bonds is 14. The molecule has 0 spiro atoms. The quantitative estimate of drug-likeness (QED) is 0.173. The molecular weight excluding hydrogens is 645 g/mol. The maximum Gasteiger partial charge on any atom is 0.264 e. The van der Waals surface area contributed by atoms with E-state index in [9.17, 15) is 18.0 Å². The third-order valence-corrected chi connectivity index (χ3v) is 10.6. The predicted octanol–water partition coefficient (Wildman–Crippen LogP) is 6.05. The standard InChI is InChI=1S/C38H42FN3O6S/c1-27-17-20-32(21-18-27)49(45,46)42(31-19-22-35(47-2)36(24-31)48-3)26-37(43)41(25-29-13-7-10-16-33(29)39)34(23-28-11-5-4-6-12-28)38(44)40-30-14-8-9-15-30/h4-7,10-13,16-22,24,30,34H,8-9,14-15,23,25-26H2,1-3H3,(H,40,44)/t34-/m0/s1. The van der Waals surface area contributed by atoms with E-state index in [1.807, 2.05) is 37.3 Å². The molecule has 0 aliphatic heterocycles. The fourth-order valence-corrected chi connectivity index (χ4v) is 7.48. The van der Waals surface area contributed by atoms with Crippen molar-refractivity contribution in [3.8, 4) is 11.5 Å². The van der Waals surface area contributed by atoms with Crippen LogP contribution >= 0.6 is 0 Å². The molecule has 258 valence electrons. The van der Waals surface area contributed by atoms with E-state index in [1.165, 1.54) is 49.5 Å². The molecule has 11 heteroatoms. The summed E-state index contributed by atoms with van der Waals surface area (Å²) >= 11 is 0. The summed E-state index contributed by atoms with van der Waals surface area (Å²) in [6.45, 7) is 0.906. The number of aryl methyl sites for hydroxylation is 1. The van der Waals surface area contributed by atoms with Crippen molar-refractivity contribution >= 4 is 27.5 Å². The second-order valence-corrected chi connectivity index (χ2v) is 14.0. The Balaban J connectivity index is 1.60. The van der Waals surface area contributed by atoms with Crippen molar-refractivity contribution in [1.82, 2.24) is 10.2 Å². The molecule has 1 atom stereocenters. The summed E-state index contributed by atoms with van der Waals surface area (Å²) in [5.41, 5.74) is 2.00. The number of hydrogen-bond acceptors (Lipinski definition) is 6. The van der Waals surface area contributed by atoms with Gasteiger partial charge < -0.3 is 19.7 Å². The Morgan fingerprint density at radius 3 is 2.18 bits per heavy atom. The smallest absolute Gasteiger partial charge is 0.264 e. The summed E-state index contributed by atoms with van der Waals surface area (Å²) in [5.74, 6) is -0.967. The SMILES string of the molecule is COc1ccc(N(CC(=O)N(Cc2ccccc2F)[C@@H](Cc2ccccc2)C(=O)NC2CCCC2)S(=O)(=O)c2ccc(C)cc2)cc1OC. The van der Waals surface area contributed by atoms with Gasteiger partial charge in [0.25, 0.3) is 10.0 Å². The first kappa shape index (κ1) is 35.4. The number of carbonyl (C=O) groups is 2. The predicted molar refractivity (Wildman–Crippen MR) is 187 cm³/mol. The lowest BCUT2D eigenvalue weighted by Gasteiger charge is -2.34. The van der Waals surface area contributed by atoms with E-state index >= 15 is 4.39 Å². The van der Waals surface area contributed by atoms with Gasteiger partial charge in [-0.15, -0.1) is 0 Å².